The zero-order valence-electron chi connectivity index (χ0n) is 9.77. The Labute approximate surface area is 129 Å². The first-order valence-electron chi connectivity index (χ1n) is 5.65. The Balaban J connectivity index is 2.05. The molecular formula is C14H9ClIN3. The summed E-state index contributed by atoms with van der Waals surface area (Å²) in [6.45, 7) is 0. The van der Waals surface area contributed by atoms with Gasteiger partial charge < -0.3 is 5.32 Å². The fraction of sp³-hybridized carbons (Fsp3) is 0. The van der Waals surface area contributed by atoms with Crippen molar-refractivity contribution in [3.63, 3.8) is 0 Å². The highest BCUT2D eigenvalue weighted by atomic mass is 127. The summed E-state index contributed by atoms with van der Waals surface area (Å²) in [6, 6.07) is 13.6. The van der Waals surface area contributed by atoms with E-state index in [1.165, 1.54) is 0 Å². The van der Waals surface area contributed by atoms with Crippen LogP contribution in [0.3, 0.4) is 0 Å². The molecule has 0 spiro atoms. The third kappa shape index (κ3) is 2.79. The van der Waals surface area contributed by atoms with Gasteiger partial charge in [0, 0.05) is 19.7 Å². The van der Waals surface area contributed by atoms with Crippen LogP contribution in [0.1, 0.15) is 0 Å². The number of halogens is 2. The first-order chi connectivity index (χ1) is 9.22. The zero-order valence-corrected chi connectivity index (χ0v) is 12.7. The molecule has 1 heterocycles. The second-order valence-corrected chi connectivity index (χ2v) is 5.70. The quantitative estimate of drug-likeness (QED) is 0.658. The molecule has 0 radical (unpaired) electrons. The molecule has 3 nitrogen and oxygen atoms in total. The highest BCUT2D eigenvalue weighted by Crippen LogP contribution is 2.25. The molecule has 0 saturated heterocycles. The van der Waals surface area contributed by atoms with E-state index in [1.807, 2.05) is 36.4 Å². The SMILES string of the molecule is Clc1ccc(Nc2ncnc3ccc(I)cc23)cc1. The molecule has 19 heavy (non-hydrogen) atoms. The fourth-order valence-electron chi connectivity index (χ4n) is 1.80. The van der Waals surface area contributed by atoms with Crippen molar-refractivity contribution in [3.8, 4) is 0 Å². The smallest absolute Gasteiger partial charge is 0.141 e. The van der Waals surface area contributed by atoms with E-state index in [1.54, 1.807) is 6.33 Å². The molecule has 3 rings (SSSR count). The molecule has 5 heteroatoms. The molecule has 0 fully saturated rings. The summed E-state index contributed by atoms with van der Waals surface area (Å²) in [5, 5.41) is 5.01. The normalized spacial score (nSPS) is 10.6. The molecule has 0 aliphatic heterocycles. The number of rotatable bonds is 2. The molecule has 1 N–H and O–H groups in total. The molecule has 3 aromatic rings. The summed E-state index contributed by atoms with van der Waals surface area (Å²) in [5.41, 5.74) is 1.87. The van der Waals surface area contributed by atoms with Crippen molar-refractivity contribution in [2.45, 2.75) is 0 Å². The summed E-state index contributed by atoms with van der Waals surface area (Å²) in [5.74, 6) is 0.797. The average molecular weight is 382 g/mol. The number of hydrogen-bond donors (Lipinski definition) is 1. The van der Waals surface area contributed by atoms with E-state index in [9.17, 15) is 0 Å². The second-order valence-electron chi connectivity index (χ2n) is 4.02. The molecule has 2 aromatic carbocycles. The molecule has 94 valence electrons. The van der Waals surface area contributed by atoms with E-state index in [0.29, 0.717) is 5.02 Å². The van der Waals surface area contributed by atoms with Crippen LogP contribution >= 0.6 is 34.2 Å². The third-order valence-corrected chi connectivity index (χ3v) is 3.63. The van der Waals surface area contributed by atoms with Crippen molar-refractivity contribution in [2.24, 2.45) is 0 Å². The van der Waals surface area contributed by atoms with Gasteiger partial charge >= 0.3 is 0 Å². The maximum Gasteiger partial charge on any atom is 0.141 e. The lowest BCUT2D eigenvalue weighted by Crippen LogP contribution is -1.96. The Bertz CT molecular complexity index is 728. The minimum absolute atomic E-state index is 0.715. The summed E-state index contributed by atoms with van der Waals surface area (Å²) in [4.78, 5) is 8.57. The van der Waals surface area contributed by atoms with E-state index in [0.717, 1.165) is 26.0 Å². The summed E-state index contributed by atoms with van der Waals surface area (Å²) >= 11 is 8.16. The standard InChI is InChI=1S/C14H9ClIN3/c15-9-1-4-11(5-2-9)19-14-12-7-10(16)3-6-13(12)17-8-18-14/h1-8H,(H,17,18,19). The van der Waals surface area contributed by atoms with Crippen LogP contribution in [0.25, 0.3) is 10.9 Å². The van der Waals surface area contributed by atoms with Gasteiger partial charge in [0.1, 0.15) is 12.1 Å². The Morgan fingerprint density at radius 3 is 2.58 bits per heavy atom. The lowest BCUT2D eigenvalue weighted by molar-refractivity contribution is 1.22. The maximum atomic E-state index is 5.88. The molecule has 0 amide bonds. The Kier molecular flexibility index (Phi) is 3.52. The molecule has 0 bridgehead atoms. The Morgan fingerprint density at radius 1 is 1.00 bits per heavy atom. The summed E-state index contributed by atoms with van der Waals surface area (Å²) in [7, 11) is 0. The third-order valence-electron chi connectivity index (χ3n) is 2.70. The molecule has 0 aliphatic carbocycles. The van der Waals surface area contributed by atoms with E-state index in [-0.39, 0.29) is 0 Å². The number of benzene rings is 2. The van der Waals surface area contributed by atoms with Crippen LogP contribution in [-0.2, 0) is 0 Å². The maximum absolute atomic E-state index is 5.88. The monoisotopic (exact) mass is 381 g/mol. The first kappa shape index (κ1) is 12.6. The highest BCUT2D eigenvalue weighted by Gasteiger charge is 2.04. The molecule has 0 aliphatic rings. The molecule has 0 unspecified atom stereocenters. The van der Waals surface area contributed by atoms with Crippen molar-refractivity contribution in [1.82, 2.24) is 9.97 Å². The van der Waals surface area contributed by atoms with Crippen LogP contribution in [0, 0.1) is 3.57 Å². The van der Waals surface area contributed by atoms with Crippen LogP contribution < -0.4 is 5.32 Å². The molecular weight excluding hydrogens is 373 g/mol. The minimum atomic E-state index is 0.715. The van der Waals surface area contributed by atoms with Gasteiger partial charge in [-0.2, -0.15) is 0 Å². The van der Waals surface area contributed by atoms with Crippen LogP contribution in [0.15, 0.2) is 48.8 Å². The minimum Gasteiger partial charge on any atom is -0.340 e. The van der Waals surface area contributed by atoms with Crippen LogP contribution in [-0.4, -0.2) is 9.97 Å². The number of nitrogens with one attached hydrogen (secondary N) is 1. The van der Waals surface area contributed by atoms with Gasteiger partial charge in [-0.3, -0.25) is 0 Å². The van der Waals surface area contributed by atoms with E-state index < -0.39 is 0 Å². The average Bonchev–Trinajstić information content (AvgIpc) is 2.42. The van der Waals surface area contributed by atoms with E-state index in [2.05, 4.69) is 43.9 Å². The van der Waals surface area contributed by atoms with Crippen molar-refractivity contribution in [3.05, 3.63) is 57.4 Å². The van der Waals surface area contributed by atoms with Gasteiger partial charge in [-0.15, -0.1) is 0 Å². The number of nitrogens with zero attached hydrogens (tertiary/aromatic N) is 2. The molecule has 0 saturated carbocycles. The molecule has 0 atom stereocenters. The fourth-order valence-corrected chi connectivity index (χ4v) is 2.42. The predicted molar refractivity (Wildman–Crippen MR) is 87.0 cm³/mol. The van der Waals surface area contributed by atoms with E-state index >= 15 is 0 Å². The van der Waals surface area contributed by atoms with Crippen molar-refractivity contribution < 1.29 is 0 Å². The highest BCUT2D eigenvalue weighted by molar-refractivity contribution is 14.1. The largest absolute Gasteiger partial charge is 0.340 e. The number of fused-ring (bicyclic) bond motifs is 1. The van der Waals surface area contributed by atoms with Gasteiger partial charge in [-0.1, -0.05) is 11.6 Å². The van der Waals surface area contributed by atoms with Crippen LogP contribution in [0.4, 0.5) is 11.5 Å². The first-order valence-corrected chi connectivity index (χ1v) is 7.11. The van der Waals surface area contributed by atoms with Gasteiger partial charge in [0.25, 0.3) is 0 Å². The Hall–Kier alpha value is -1.40. The zero-order chi connectivity index (χ0) is 13.2. The van der Waals surface area contributed by atoms with Gasteiger partial charge in [0.2, 0.25) is 0 Å². The topological polar surface area (TPSA) is 37.8 Å². The number of hydrogen-bond acceptors (Lipinski definition) is 3. The van der Waals surface area contributed by atoms with Crippen molar-refractivity contribution in [2.75, 3.05) is 5.32 Å². The lowest BCUT2D eigenvalue weighted by atomic mass is 10.2. The molecule has 1 aromatic heterocycles. The second kappa shape index (κ2) is 5.30. The Morgan fingerprint density at radius 2 is 1.79 bits per heavy atom. The van der Waals surface area contributed by atoms with E-state index in [4.69, 9.17) is 11.6 Å². The summed E-state index contributed by atoms with van der Waals surface area (Å²) in [6.07, 6.45) is 1.56. The van der Waals surface area contributed by atoms with Crippen LogP contribution in [0.5, 0.6) is 0 Å². The van der Waals surface area contributed by atoms with Gasteiger partial charge in [0.05, 0.1) is 5.52 Å². The van der Waals surface area contributed by atoms with Crippen molar-refractivity contribution in [1.29, 1.82) is 0 Å². The number of anilines is 2. The van der Waals surface area contributed by atoms with Crippen molar-refractivity contribution >= 4 is 56.6 Å². The van der Waals surface area contributed by atoms with Gasteiger partial charge in [-0.05, 0) is 65.1 Å². The van der Waals surface area contributed by atoms with Crippen LogP contribution in [0.2, 0.25) is 5.02 Å². The number of aromatic nitrogens is 2. The van der Waals surface area contributed by atoms with Gasteiger partial charge in [0.15, 0.2) is 0 Å². The summed E-state index contributed by atoms with van der Waals surface area (Å²) < 4.78 is 1.15. The predicted octanol–water partition coefficient (Wildman–Crippen LogP) is 4.63. The lowest BCUT2D eigenvalue weighted by Gasteiger charge is -2.08. The van der Waals surface area contributed by atoms with Gasteiger partial charge in [-0.25, -0.2) is 9.97 Å².